The normalized spacial score (nSPS) is 15.0. The third-order valence-electron chi connectivity index (χ3n) is 7.70. The van der Waals surface area contributed by atoms with Crippen molar-refractivity contribution in [2.45, 2.75) is 50.6 Å². The van der Waals surface area contributed by atoms with E-state index < -0.39 is 17.9 Å². The number of H-pyrrole nitrogens is 1. The van der Waals surface area contributed by atoms with Gasteiger partial charge in [0.05, 0.1) is 11.0 Å². The van der Waals surface area contributed by atoms with E-state index in [9.17, 15) is 19.8 Å². The van der Waals surface area contributed by atoms with E-state index in [-0.39, 0.29) is 12.2 Å². The number of carboxylic acids is 1. The molecule has 8 heteroatoms. The van der Waals surface area contributed by atoms with E-state index in [0.717, 1.165) is 40.6 Å². The number of hydrogen-bond donors (Lipinski definition) is 4. The Morgan fingerprint density at radius 3 is 2.59 bits per heavy atom. The number of carbonyl (C=O) groups excluding carboxylic acids is 1. The van der Waals surface area contributed by atoms with Crippen molar-refractivity contribution in [2.24, 2.45) is 0 Å². The molecule has 1 atom stereocenters. The summed E-state index contributed by atoms with van der Waals surface area (Å²) in [5.41, 5.74) is 4.56. The van der Waals surface area contributed by atoms with Crippen LogP contribution in [0.5, 0.6) is 5.75 Å². The molecule has 5 aromatic rings. The Balaban J connectivity index is 1.30. The number of aliphatic carboxylic acids is 1. The summed E-state index contributed by atoms with van der Waals surface area (Å²) >= 11 is 0. The summed E-state index contributed by atoms with van der Waals surface area (Å²) in [5, 5.41) is 23.2. The van der Waals surface area contributed by atoms with Gasteiger partial charge in [-0.3, -0.25) is 4.79 Å². The van der Waals surface area contributed by atoms with Crippen LogP contribution < -0.4 is 5.32 Å². The van der Waals surface area contributed by atoms with Crippen molar-refractivity contribution in [2.75, 3.05) is 0 Å². The number of rotatable bonds is 7. The van der Waals surface area contributed by atoms with Crippen molar-refractivity contribution in [1.82, 2.24) is 19.9 Å². The molecule has 0 aliphatic heterocycles. The number of aromatic amines is 1. The van der Waals surface area contributed by atoms with E-state index in [1.54, 1.807) is 36.5 Å². The fourth-order valence-corrected chi connectivity index (χ4v) is 5.74. The average Bonchev–Trinajstić information content (AvgIpc) is 3.54. The lowest BCUT2D eigenvalue weighted by Crippen LogP contribution is -2.42. The molecular weight excluding hydrogens is 492 g/mol. The van der Waals surface area contributed by atoms with E-state index in [4.69, 9.17) is 4.98 Å². The number of nitrogens with zero attached hydrogens (tertiary/aromatic N) is 2. The molecule has 198 valence electrons. The molecule has 8 nitrogen and oxygen atoms in total. The quantitative estimate of drug-likeness (QED) is 0.215. The summed E-state index contributed by atoms with van der Waals surface area (Å²) in [7, 11) is 0. The molecular formula is C31H30N4O4. The smallest absolute Gasteiger partial charge is 0.326 e. The summed E-state index contributed by atoms with van der Waals surface area (Å²) in [6, 6.07) is 19.6. The van der Waals surface area contributed by atoms with E-state index in [1.807, 2.05) is 24.3 Å². The van der Waals surface area contributed by atoms with Crippen molar-refractivity contribution in [3.63, 3.8) is 0 Å². The molecule has 1 saturated carbocycles. The Hall–Kier alpha value is -4.59. The van der Waals surface area contributed by atoms with Gasteiger partial charge in [0.25, 0.3) is 5.91 Å². The zero-order valence-electron chi connectivity index (χ0n) is 21.4. The molecule has 0 saturated heterocycles. The lowest BCUT2D eigenvalue weighted by molar-refractivity contribution is -0.139. The van der Waals surface area contributed by atoms with E-state index in [0.29, 0.717) is 22.7 Å². The van der Waals surface area contributed by atoms with Gasteiger partial charge < -0.3 is 25.1 Å². The van der Waals surface area contributed by atoms with Crippen LogP contribution in [0.4, 0.5) is 0 Å². The van der Waals surface area contributed by atoms with Crippen molar-refractivity contribution in [3.8, 4) is 17.1 Å². The molecule has 0 radical (unpaired) electrons. The first kappa shape index (κ1) is 24.7. The predicted molar refractivity (Wildman–Crippen MR) is 150 cm³/mol. The van der Waals surface area contributed by atoms with Gasteiger partial charge in [0.1, 0.15) is 17.6 Å². The predicted octanol–water partition coefficient (Wildman–Crippen LogP) is 5.82. The molecule has 6 rings (SSSR count). The average molecular weight is 523 g/mol. The van der Waals surface area contributed by atoms with Crippen LogP contribution in [0.3, 0.4) is 0 Å². The number of hydrogen-bond acceptors (Lipinski definition) is 4. The van der Waals surface area contributed by atoms with Gasteiger partial charge in [-0.05, 0) is 54.8 Å². The second-order valence-corrected chi connectivity index (χ2v) is 10.3. The third-order valence-corrected chi connectivity index (χ3v) is 7.70. The Bertz CT molecular complexity index is 1660. The highest BCUT2D eigenvalue weighted by Crippen LogP contribution is 2.36. The number of amides is 1. The van der Waals surface area contributed by atoms with Crippen LogP contribution in [0.15, 0.2) is 72.9 Å². The molecule has 0 bridgehead atoms. The molecule has 4 N–H and O–H groups in total. The summed E-state index contributed by atoms with van der Waals surface area (Å²) in [6.45, 7) is 0. The number of fused-ring (bicyclic) bond motifs is 2. The van der Waals surface area contributed by atoms with Crippen molar-refractivity contribution < 1.29 is 19.8 Å². The number of imidazole rings is 1. The molecule has 3 aromatic carbocycles. The summed E-state index contributed by atoms with van der Waals surface area (Å²) in [4.78, 5) is 33.4. The second kappa shape index (κ2) is 10.3. The zero-order chi connectivity index (χ0) is 26.9. The SMILES string of the molecule is O=C(N[C@@H](Cc1c[nH]c2ccc(O)cc12)C(=O)O)c1ccc2c(c1)nc(-c1ccccc1)n2C1CCCCC1. The molecule has 1 aliphatic rings. The topological polar surface area (TPSA) is 120 Å². The Kier molecular flexibility index (Phi) is 6.52. The fraction of sp³-hybridized carbons (Fsp3) is 0.258. The van der Waals surface area contributed by atoms with Gasteiger partial charge in [0.15, 0.2) is 0 Å². The number of carboxylic acid groups (broad SMARTS) is 1. The Morgan fingerprint density at radius 1 is 1.03 bits per heavy atom. The van der Waals surface area contributed by atoms with Gasteiger partial charge in [0, 0.05) is 40.7 Å². The van der Waals surface area contributed by atoms with Gasteiger partial charge >= 0.3 is 5.97 Å². The first-order valence-corrected chi connectivity index (χ1v) is 13.4. The van der Waals surface area contributed by atoms with Gasteiger partial charge in [0.2, 0.25) is 0 Å². The molecule has 0 spiro atoms. The molecule has 2 aromatic heterocycles. The third kappa shape index (κ3) is 4.85. The zero-order valence-corrected chi connectivity index (χ0v) is 21.4. The first-order valence-electron chi connectivity index (χ1n) is 13.4. The molecule has 1 aliphatic carbocycles. The van der Waals surface area contributed by atoms with Gasteiger partial charge in [-0.2, -0.15) is 0 Å². The largest absolute Gasteiger partial charge is 0.508 e. The number of phenolic OH excluding ortho intramolecular Hbond substituents is 1. The number of benzene rings is 3. The molecule has 0 unspecified atom stereocenters. The van der Waals surface area contributed by atoms with Crippen LogP contribution in [-0.4, -0.2) is 42.7 Å². The molecule has 1 fully saturated rings. The molecule has 39 heavy (non-hydrogen) atoms. The van der Waals surface area contributed by atoms with Crippen LogP contribution in [0.2, 0.25) is 0 Å². The first-order chi connectivity index (χ1) is 19.0. The van der Waals surface area contributed by atoms with Crippen LogP contribution in [0.1, 0.15) is 54.1 Å². The minimum absolute atomic E-state index is 0.0707. The lowest BCUT2D eigenvalue weighted by atomic mass is 9.95. The number of carbonyl (C=O) groups is 2. The lowest BCUT2D eigenvalue weighted by Gasteiger charge is -2.25. The standard InChI is InChI=1S/C31H30N4O4/c36-23-12-13-25-24(17-23)21(18-32-25)16-27(31(38)39)34-30(37)20-11-14-28-26(15-20)33-29(19-7-3-1-4-8-19)35(28)22-9-5-2-6-10-22/h1,3-4,7-8,11-15,17-18,22,27,32,36H,2,5-6,9-10,16H2,(H,34,37)(H,38,39)/t27-/m0/s1. The Labute approximate surface area is 225 Å². The van der Waals surface area contributed by atoms with Crippen LogP contribution in [0.25, 0.3) is 33.3 Å². The highest BCUT2D eigenvalue weighted by Gasteiger charge is 2.25. The van der Waals surface area contributed by atoms with Crippen LogP contribution in [0, 0.1) is 0 Å². The minimum Gasteiger partial charge on any atom is -0.508 e. The van der Waals surface area contributed by atoms with Crippen LogP contribution >= 0.6 is 0 Å². The number of aromatic hydroxyl groups is 1. The van der Waals surface area contributed by atoms with Crippen LogP contribution in [-0.2, 0) is 11.2 Å². The Morgan fingerprint density at radius 2 is 1.82 bits per heavy atom. The van der Waals surface area contributed by atoms with Gasteiger partial charge in [-0.15, -0.1) is 0 Å². The second-order valence-electron chi connectivity index (χ2n) is 10.3. The van der Waals surface area contributed by atoms with Crippen molar-refractivity contribution in [1.29, 1.82) is 0 Å². The van der Waals surface area contributed by atoms with E-state index in [1.165, 1.54) is 19.3 Å². The van der Waals surface area contributed by atoms with E-state index in [2.05, 4.69) is 27.0 Å². The maximum atomic E-state index is 13.3. The molecule has 1 amide bonds. The minimum atomic E-state index is -1.14. The highest BCUT2D eigenvalue weighted by atomic mass is 16.4. The summed E-state index contributed by atoms with van der Waals surface area (Å²) < 4.78 is 2.32. The fourth-order valence-electron chi connectivity index (χ4n) is 5.74. The van der Waals surface area contributed by atoms with Crippen molar-refractivity contribution >= 4 is 33.8 Å². The summed E-state index contributed by atoms with van der Waals surface area (Å²) in [5.74, 6) is -0.622. The highest BCUT2D eigenvalue weighted by molar-refractivity contribution is 6.00. The number of nitrogens with one attached hydrogen (secondary N) is 2. The number of aromatic nitrogens is 3. The monoisotopic (exact) mass is 522 g/mol. The van der Waals surface area contributed by atoms with E-state index >= 15 is 0 Å². The number of phenols is 1. The van der Waals surface area contributed by atoms with Gasteiger partial charge in [-0.1, -0.05) is 49.6 Å². The van der Waals surface area contributed by atoms with Crippen molar-refractivity contribution in [3.05, 3.63) is 84.1 Å². The maximum Gasteiger partial charge on any atom is 0.326 e. The maximum absolute atomic E-state index is 13.3. The van der Waals surface area contributed by atoms with Gasteiger partial charge in [-0.25, -0.2) is 9.78 Å². The summed E-state index contributed by atoms with van der Waals surface area (Å²) in [6.07, 6.45) is 7.59. The molecule has 2 heterocycles.